The van der Waals surface area contributed by atoms with E-state index >= 15 is 0 Å². The van der Waals surface area contributed by atoms with Gasteiger partial charge in [-0.05, 0) is 25.7 Å². The first kappa shape index (κ1) is 13.3. The lowest BCUT2D eigenvalue weighted by Crippen LogP contribution is -2.27. The Labute approximate surface area is 110 Å². The number of nitrogens with zero attached hydrogens (tertiary/aromatic N) is 2. The predicted octanol–water partition coefficient (Wildman–Crippen LogP) is 1.56. The molecule has 2 rings (SSSR count). The molecule has 1 amide bonds. The number of hydrogen-bond acceptors (Lipinski definition) is 5. The van der Waals surface area contributed by atoms with E-state index in [4.69, 9.17) is 0 Å². The lowest BCUT2D eigenvalue weighted by atomic mass is 10.2. The molecule has 1 saturated carbocycles. The number of nitro groups is 1. The van der Waals surface area contributed by atoms with Crippen molar-refractivity contribution in [2.45, 2.75) is 19.8 Å². The molecule has 19 heavy (non-hydrogen) atoms. The highest BCUT2D eigenvalue weighted by molar-refractivity contribution is 5.99. The molecular weight excluding hydrogens is 248 g/mol. The Morgan fingerprint density at radius 2 is 2.32 bits per heavy atom. The van der Waals surface area contributed by atoms with Gasteiger partial charge >= 0.3 is 0 Å². The Balaban J connectivity index is 2.19. The van der Waals surface area contributed by atoms with Crippen molar-refractivity contribution >= 4 is 17.4 Å². The SMILES string of the molecule is CCNc1ncc([N+](=O)[O-])cc1C(=O)NCC1CC1. The summed E-state index contributed by atoms with van der Waals surface area (Å²) in [6.45, 7) is 3.08. The summed E-state index contributed by atoms with van der Waals surface area (Å²) in [5, 5.41) is 16.5. The van der Waals surface area contributed by atoms with E-state index in [9.17, 15) is 14.9 Å². The highest BCUT2D eigenvalue weighted by atomic mass is 16.6. The predicted molar refractivity (Wildman–Crippen MR) is 70.1 cm³/mol. The zero-order valence-electron chi connectivity index (χ0n) is 10.7. The smallest absolute Gasteiger partial charge is 0.288 e. The minimum atomic E-state index is -0.555. The Bertz CT molecular complexity index is 500. The number of aromatic nitrogens is 1. The van der Waals surface area contributed by atoms with Crippen molar-refractivity contribution in [1.29, 1.82) is 0 Å². The standard InChI is InChI=1S/C12H16N4O3/c1-2-13-11-10(5-9(7-14-11)16(18)19)12(17)15-6-8-3-4-8/h5,7-8H,2-4,6H2,1H3,(H,13,14)(H,15,17). The summed E-state index contributed by atoms with van der Waals surface area (Å²) in [5.74, 6) is 0.610. The van der Waals surface area contributed by atoms with E-state index in [0.717, 1.165) is 19.0 Å². The van der Waals surface area contributed by atoms with Crippen LogP contribution in [0, 0.1) is 16.0 Å². The Hall–Kier alpha value is -2.18. The second-order valence-electron chi connectivity index (χ2n) is 4.53. The summed E-state index contributed by atoms with van der Waals surface area (Å²) < 4.78 is 0. The molecule has 0 atom stereocenters. The largest absolute Gasteiger partial charge is 0.370 e. The molecule has 0 bridgehead atoms. The number of pyridine rings is 1. The number of nitrogens with one attached hydrogen (secondary N) is 2. The number of hydrogen-bond donors (Lipinski definition) is 2. The third kappa shape index (κ3) is 3.40. The van der Waals surface area contributed by atoms with Gasteiger partial charge in [-0.2, -0.15) is 0 Å². The topological polar surface area (TPSA) is 97.2 Å². The molecule has 1 fully saturated rings. The summed E-state index contributed by atoms with van der Waals surface area (Å²) in [5.41, 5.74) is 0.0370. The van der Waals surface area contributed by atoms with Crippen molar-refractivity contribution in [3.63, 3.8) is 0 Å². The third-order valence-electron chi connectivity index (χ3n) is 2.92. The summed E-state index contributed by atoms with van der Waals surface area (Å²) in [6.07, 6.45) is 3.41. The number of rotatable bonds is 6. The van der Waals surface area contributed by atoms with Crippen LogP contribution < -0.4 is 10.6 Å². The first-order valence-electron chi connectivity index (χ1n) is 6.28. The third-order valence-corrected chi connectivity index (χ3v) is 2.92. The number of carbonyl (C=O) groups is 1. The molecule has 7 heteroatoms. The highest BCUT2D eigenvalue weighted by Crippen LogP contribution is 2.28. The Morgan fingerprint density at radius 3 is 2.89 bits per heavy atom. The molecule has 1 heterocycles. The maximum atomic E-state index is 12.0. The lowest BCUT2D eigenvalue weighted by molar-refractivity contribution is -0.385. The molecule has 1 aromatic heterocycles. The van der Waals surface area contributed by atoms with E-state index in [1.54, 1.807) is 0 Å². The first-order chi connectivity index (χ1) is 9.11. The van der Waals surface area contributed by atoms with Crippen LogP contribution in [0.2, 0.25) is 0 Å². The highest BCUT2D eigenvalue weighted by Gasteiger charge is 2.23. The molecule has 0 radical (unpaired) electrons. The molecule has 1 aliphatic carbocycles. The van der Waals surface area contributed by atoms with Crippen molar-refractivity contribution in [3.05, 3.63) is 27.9 Å². The van der Waals surface area contributed by atoms with Gasteiger partial charge in [0.2, 0.25) is 0 Å². The van der Waals surface area contributed by atoms with Gasteiger partial charge in [-0.3, -0.25) is 14.9 Å². The van der Waals surface area contributed by atoms with Crippen LogP contribution in [0.5, 0.6) is 0 Å². The van der Waals surface area contributed by atoms with Crippen LogP contribution in [0.3, 0.4) is 0 Å². The van der Waals surface area contributed by atoms with Crippen molar-refractivity contribution in [2.75, 3.05) is 18.4 Å². The maximum Gasteiger partial charge on any atom is 0.288 e. The minimum Gasteiger partial charge on any atom is -0.370 e. The lowest BCUT2D eigenvalue weighted by Gasteiger charge is -2.09. The quantitative estimate of drug-likeness (QED) is 0.600. The average molecular weight is 264 g/mol. The molecule has 1 aliphatic rings. The van der Waals surface area contributed by atoms with Crippen molar-refractivity contribution in [2.24, 2.45) is 5.92 Å². The van der Waals surface area contributed by atoms with Crippen molar-refractivity contribution in [1.82, 2.24) is 10.3 Å². The van der Waals surface area contributed by atoms with Gasteiger partial charge in [0, 0.05) is 19.2 Å². The molecule has 2 N–H and O–H groups in total. The molecule has 1 aromatic rings. The minimum absolute atomic E-state index is 0.182. The normalized spacial score (nSPS) is 13.9. The van der Waals surface area contributed by atoms with E-state index in [1.165, 1.54) is 6.07 Å². The molecule has 0 unspecified atom stereocenters. The summed E-state index contributed by atoms with van der Waals surface area (Å²) in [4.78, 5) is 26.2. The van der Waals surface area contributed by atoms with Crippen LogP contribution >= 0.6 is 0 Å². The molecular formula is C12H16N4O3. The van der Waals surface area contributed by atoms with Crippen molar-refractivity contribution < 1.29 is 9.72 Å². The zero-order chi connectivity index (χ0) is 13.8. The maximum absolute atomic E-state index is 12.0. The van der Waals surface area contributed by atoms with E-state index in [0.29, 0.717) is 24.8 Å². The van der Waals surface area contributed by atoms with Crippen LogP contribution in [-0.2, 0) is 0 Å². The summed E-state index contributed by atoms with van der Waals surface area (Å²) in [7, 11) is 0. The van der Waals surface area contributed by atoms with Gasteiger partial charge in [0.25, 0.3) is 11.6 Å². The van der Waals surface area contributed by atoms with Crippen LogP contribution in [0.4, 0.5) is 11.5 Å². The number of amides is 1. The van der Waals surface area contributed by atoms with Gasteiger partial charge in [-0.15, -0.1) is 0 Å². The molecule has 0 aromatic carbocycles. The molecule has 0 aliphatic heterocycles. The van der Waals surface area contributed by atoms with E-state index < -0.39 is 4.92 Å². The van der Waals surface area contributed by atoms with Crippen LogP contribution in [0.15, 0.2) is 12.3 Å². The Morgan fingerprint density at radius 1 is 1.58 bits per heavy atom. The van der Waals surface area contributed by atoms with E-state index in [2.05, 4.69) is 15.6 Å². The summed E-state index contributed by atoms with van der Waals surface area (Å²) >= 11 is 0. The second kappa shape index (κ2) is 5.64. The van der Waals surface area contributed by atoms with Crippen molar-refractivity contribution in [3.8, 4) is 0 Å². The number of carbonyl (C=O) groups excluding carboxylic acids is 1. The van der Waals surface area contributed by atoms with E-state index in [1.807, 2.05) is 6.92 Å². The Kier molecular flexibility index (Phi) is 3.94. The fourth-order valence-electron chi connectivity index (χ4n) is 1.69. The van der Waals surface area contributed by atoms with Gasteiger partial charge in [0.05, 0.1) is 10.5 Å². The average Bonchev–Trinajstić information content (AvgIpc) is 3.20. The summed E-state index contributed by atoms with van der Waals surface area (Å²) in [6, 6.07) is 1.26. The fraction of sp³-hybridized carbons (Fsp3) is 0.500. The zero-order valence-corrected chi connectivity index (χ0v) is 10.7. The molecule has 7 nitrogen and oxygen atoms in total. The van der Waals surface area contributed by atoms with E-state index in [-0.39, 0.29) is 17.2 Å². The first-order valence-corrected chi connectivity index (χ1v) is 6.28. The molecule has 0 saturated heterocycles. The molecule has 0 spiro atoms. The van der Waals surface area contributed by atoms with Crippen LogP contribution in [0.25, 0.3) is 0 Å². The number of anilines is 1. The van der Waals surface area contributed by atoms with Crippen LogP contribution in [-0.4, -0.2) is 28.9 Å². The van der Waals surface area contributed by atoms with Gasteiger partial charge in [-0.25, -0.2) is 4.98 Å². The van der Waals surface area contributed by atoms with Gasteiger partial charge in [0.1, 0.15) is 12.0 Å². The second-order valence-corrected chi connectivity index (χ2v) is 4.53. The van der Waals surface area contributed by atoms with Gasteiger partial charge in [0.15, 0.2) is 0 Å². The monoisotopic (exact) mass is 264 g/mol. The van der Waals surface area contributed by atoms with Crippen LogP contribution in [0.1, 0.15) is 30.1 Å². The van der Waals surface area contributed by atoms with Gasteiger partial charge < -0.3 is 10.6 Å². The fourth-order valence-corrected chi connectivity index (χ4v) is 1.69. The van der Waals surface area contributed by atoms with Gasteiger partial charge in [-0.1, -0.05) is 0 Å². The molecule has 102 valence electrons.